The first-order chi connectivity index (χ1) is 16.9. The number of ether oxygens (including phenoxy) is 2. The number of hydrogen-bond donors (Lipinski definition) is 3. The van der Waals surface area contributed by atoms with Gasteiger partial charge in [-0.25, -0.2) is 9.59 Å². The zero-order valence-corrected chi connectivity index (χ0v) is 19.9. The molecule has 0 saturated carbocycles. The van der Waals surface area contributed by atoms with Gasteiger partial charge in [0.1, 0.15) is 11.5 Å². The Morgan fingerprint density at radius 1 is 0.800 bits per heavy atom. The minimum atomic E-state index is -1.39. The summed E-state index contributed by atoms with van der Waals surface area (Å²) in [5.74, 6) is 0.163. The molecule has 0 fully saturated rings. The molecule has 7 heteroatoms. The average molecular weight is 477 g/mol. The van der Waals surface area contributed by atoms with Gasteiger partial charge in [-0.3, -0.25) is 0 Å². The molecule has 0 bridgehead atoms. The molecule has 1 atom stereocenters. The van der Waals surface area contributed by atoms with Crippen LogP contribution in [-0.2, 0) is 17.6 Å². The number of carboxylic acids is 1. The van der Waals surface area contributed by atoms with Crippen molar-refractivity contribution in [1.29, 1.82) is 0 Å². The molecule has 3 aromatic rings. The molecule has 3 aromatic carbocycles. The number of nitrogens with one attached hydrogen (secondary N) is 2. The highest BCUT2D eigenvalue weighted by Crippen LogP contribution is 2.24. The summed E-state index contributed by atoms with van der Waals surface area (Å²) in [6.07, 6.45) is 1.66. The Balaban J connectivity index is 1.35. The summed E-state index contributed by atoms with van der Waals surface area (Å²) in [5, 5.41) is 15.4. The molecule has 2 amide bonds. The summed E-state index contributed by atoms with van der Waals surface area (Å²) in [6, 6.07) is 26.0. The van der Waals surface area contributed by atoms with Crippen LogP contribution in [-0.4, -0.2) is 42.4 Å². The minimum absolute atomic E-state index is 0.190. The molecule has 3 rings (SSSR count). The smallest absolute Gasteiger partial charge is 0.348 e. The van der Waals surface area contributed by atoms with Crippen molar-refractivity contribution in [2.45, 2.75) is 31.8 Å². The molecule has 0 spiro atoms. The van der Waals surface area contributed by atoms with Crippen molar-refractivity contribution in [3.05, 3.63) is 96.1 Å². The molecule has 0 heterocycles. The summed E-state index contributed by atoms with van der Waals surface area (Å²) < 4.78 is 11.5. The standard InChI is InChI=1S/C28H32N2O5/c1-28(26(31)32,35-25-11-6-3-7-12-25)21-23-13-15-24(16-14-23)34-20-8-18-29-27(33)30-19-17-22-9-4-2-5-10-22/h2-7,9-16H,8,17-21H2,1H3,(H,31,32)(H2,29,30,33)/t28-/m0/s1. The minimum Gasteiger partial charge on any atom is -0.494 e. The Morgan fingerprint density at radius 3 is 2.09 bits per heavy atom. The second-order valence-electron chi connectivity index (χ2n) is 8.39. The summed E-state index contributed by atoms with van der Waals surface area (Å²) >= 11 is 0. The molecule has 3 N–H and O–H groups in total. The van der Waals surface area contributed by atoms with E-state index in [4.69, 9.17) is 9.47 Å². The summed E-state index contributed by atoms with van der Waals surface area (Å²) in [7, 11) is 0. The fraction of sp³-hybridized carbons (Fsp3) is 0.286. The SMILES string of the molecule is C[C@@](Cc1ccc(OCCCNC(=O)NCCc2ccccc2)cc1)(Oc1ccccc1)C(=O)O. The van der Waals surface area contributed by atoms with Crippen LogP contribution in [0, 0.1) is 0 Å². The van der Waals surface area contributed by atoms with E-state index in [0.29, 0.717) is 37.6 Å². The molecule has 0 aliphatic rings. The number of benzene rings is 3. The first-order valence-corrected chi connectivity index (χ1v) is 11.7. The molecule has 0 unspecified atom stereocenters. The van der Waals surface area contributed by atoms with Crippen molar-refractivity contribution in [2.24, 2.45) is 0 Å². The number of hydrogen-bond acceptors (Lipinski definition) is 4. The Morgan fingerprint density at radius 2 is 1.43 bits per heavy atom. The first-order valence-electron chi connectivity index (χ1n) is 11.7. The first kappa shape index (κ1) is 25.6. The summed E-state index contributed by atoms with van der Waals surface area (Å²) in [4.78, 5) is 23.8. The van der Waals surface area contributed by atoms with Crippen molar-refractivity contribution in [3.8, 4) is 11.5 Å². The quantitative estimate of drug-likeness (QED) is 0.317. The van der Waals surface area contributed by atoms with E-state index in [1.54, 1.807) is 31.2 Å². The second-order valence-corrected chi connectivity index (χ2v) is 8.39. The van der Waals surface area contributed by atoms with Gasteiger partial charge in [0.2, 0.25) is 5.60 Å². The Hall–Kier alpha value is -4.00. The Labute approximate surface area is 206 Å². The predicted molar refractivity (Wildman–Crippen MR) is 135 cm³/mol. The van der Waals surface area contributed by atoms with Crippen LogP contribution in [0.1, 0.15) is 24.5 Å². The third-order valence-corrected chi connectivity index (χ3v) is 5.42. The molecule has 35 heavy (non-hydrogen) atoms. The monoisotopic (exact) mass is 476 g/mol. The van der Waals surface area contributed by atoms with Crippen LogP contribution < -0.4 is 20.1 Å². The van der Waals surface area contributed by atoms with Crippen molar-refractivity contribution in [1.82, 2.24) is 10.6 Å². The molecule has 184 valence electrons. The van der Waals surface area contributed by atoms with Gasteiger partial charge >= 0.3 is 12.0 Å². The summed E-state index contributed by atoms with van der Waals surface area (Å²) in [5.41, 5.74) is 0.618. The van der Waals surface area contributed by atoms with Crippen LogP contribution in [0.3, 0.4) is 0 Å². The van der Waals surface area contributed by atoms with Gasteiger partial charge in [0, 0.05) is 19.5 Å². The van der Waals surface area contributed by atoms with Gasteiger partial charge in [0.15, 0.2) is 0 Å². The molecule has 0 saturated heterocycles. The van der Waals surface area contributed by atoms with E-state index in [0.717, 1.165) is 12.0 Å². The van der Waals surface area contributed by atoms with Gasteiger partial charge in [0.05, 0.1) is 6.61 Å². The number of para-hydroxylation sites is 1. The van der Waals surface area contributed by atoms with Gasteiger partial charge in [-0.1, -0.05) is 60.7 Å². The van der Waals surface area contributed by atoms with E-state index < -0.39 is 11.6 Å². The number of urea groups is 1. The third kappa shape index (κ3) is 8.70. The van der Waals surface area contributed by atoms with Crippen LogP contribution in [0.15, 0.2) is 84.9 Å². The van der Waals surface area contributed by atoms with E-state index in [2.05, 4.69) is 10.6 Å². The Bertz CT molecular complexity index is 1060. The highest BCUT2D eigenvalue weighted by Gasteiger charge is 2.36. The van der Waals surface area contributed by atoms with Gasteiger partial charge in [-0.2, -0.15) is 0 Å². The summed E-state index contributed by atoms with van der Waals surface area (Å²) in [6.45, 7) is 3.10. The highest BCUT2D eigenvalue weighted by atomic mass is 16.5. The highest BCUT2D eigenvalue weighted by molar-refractivity contribution is 5.78. The van der Waals surface area contributed by atoms with Crippen molar-refractivity contribution < 1.29 is 24.2 Å². The second kappa shape index (κ2) is 13.0. The van der Waals surface area contributed by atoms with Crippen molar-refractivity contribution in [2.75, 3.05) is 19.7 Å². The van der Waals surface area contributed by atoms with E-state index in [-0.39, 0.29) is 12.5 Å². The normalized spacial score (nSPS) is 12.3. The molecular formula is C28H32N2O5. The van der Waals surface area contributed by atoms with Crippen LogP contribution in [0.4, 0.5) is 4.79 Å². The van der Waals surface area contributed by atoms with Crippen molar-refractivity contribution in [3.63, 3.8) is 0 Å². The number of carboxylic acid groups (broad SMARTS) is 1. The van der Waals surface area contributed by atoms with E-state index in [1.165, 1.54) is 5.56 Å². The maximum absolute atomic E-state index is 11.9. The number of aliphatic carboxylic acids is 1. The fourth-order valence-electron chi connectivity index (χ4n) is 3.49. The predicted octanol–water partition coefficient (Wildman–Crippen LogP) is 4.46. The van der Waals surface area contributed by atoms with E-state index in [1.807, 2.05) is 60.7 Å². The van der Waals surface area contributed by atoms with Gasteiger partial charge < -0.3 is 25.2 Å². The lowest BCUT2D eigenvalue weighted by molar-refractivity contribution is -0.153. The maximum atomic E-state index is 11.9. The number of carbonyl (C=O) groups is 2. The topological polar surface area (TPSA) is 96.9 Å². The molecule has 0 aromatic heterocycles. The van der Waals surface area contributed by atoms with E-state index in [9.17, 15) is 14.7 Å². The van der Waals surface area contributed by atoms with E-state index >= 15 is 0 Å². The van der Waals surface area contributed by atoms with Crippen LogP contribution in [0.2, 0.25) is 0 Å². The molecule has 0 aliphatic carbocycles. The van der Waals surface area contributed by atoms with Gasteiger partial charge in [0.25, 0.3) is 0 Å². The largest absolute Gasteiger partial charge is 0.494 e. The molecular weight excluding hydrogens is 444 g/mol. The number of amides is 2. The number of carbonyl (C=O) groups excluding carboxylic acids is 1. The number of rotatable bonds is 13. The third-order valence-electron chi connectivity index (χ3n) is 5.42. The lowest BCUT2D eigenvalue weighted by atomic mass is 9.96. The van der Waals surface area contributed by atoms with Crippen LogP contribution in [0.25, 0.3) is 0 Å². The average Bonchev–Trinajstić information content (AvgIpc) is 2.86. The zero-order valence-electron chi connectivity index (χ0n) is 19.9. The van der Waals surface area contributed by atoms with Crippen LogP contribution in [0.5, 0.6) is 11.5 Å². The fourth-order valence-corrected chi connectivity index (χ4v) is 3.49. The van der Waals surface area contributed by atoms with Crippen molar-refractivity contribution >= 4 is 12.0 Å². The van der Waals surface area contributed by atoms with Crippen LogP contribution >= 0.6 is 0 Å². The molecule has 7 nitrogen and oxygen atoms in total. The maximum Gasteiger partial charge on any atom is 0.348 e. The molecule has 0 radical (unpaired) electrons. The zero-order chi connectivity index (χ0) is 24.9. The van der Waals surface area contributed by atoms with Gasteiger partial charge in [-0.05, 0) is 55.2 Å². The lowest BCUT2D eigenvalue weighted by Crippen LogP contribution is -2.43. The van der Waals surface area contributed by atoms with Gasteiger partial charge in [-0.15, -0.1) is 0 Å². The lowest BCUT2D eigenvalue weighted by Gasteiger charge is -2.26. The molecule has 0 aliphatic heterocycles. The Kier molecular flexibility index (Phi) is 9.54.